The first-order chi connectivity index (χ1) is 8.71. The van der Waals surface area contributed by atoms with Crippen molar-refractivity contribution in [1.82, 2.24) is 4.31 Å². The molecule has 7 heteroatoms. The fraction of sp³-hybridized carbons (Fsp3) is 0.500. The zero-order chi connectivity index (χ0) is 14.8. The Labute approximate surface area is 114 Å². The molecule has 1 aromatic carbocycles. The summed E-state index contributed by atoms with van der Waals surface area (Å²) >= 11 is 0. The average Bonchev–Trinajstić information content (AvgIpc) is 2.37. The van der Waals surface area contributed by atoms with Gasteiger partial charge in [0, 0.05) is 27.2 Å². The zero-order valence-corrected chi connectivity index (χ0v) is 12.5. The molecule has 0 heterocycles. The molecule has 0 aliphatic carbocycles. The number of sulfonamides is 1. The van der Waals surface area contributed by atoms with Gasteiger partial charge in [0.1, 0.15) is 0 Å². The summed E-state index contributed by atoms with van der Waals surface area (Å²) < 4.78 is 25.3. The van der Waals surface area contributed by atoms with Gasteiger partial charge < -0.3 is 15.7 Å². The highest BCUT2D eigenvalue weighted by Crippen LogP contribution is 2.28. The minimum atomic E-state index is -3.49. The SMILES string of the molecule is CC(CO)N(C)c1cc(S(=O)(=O)N(C)C)ccc1N. The highest BCUT2D eigenvalue weighted by Gasteiger charge is 2.20. The monoisotopic (exact) mass is 287 g/mol. The molecule has 0 aromatic heterocycles. The molecule has 1 unspecified atom stereocenters. The molecule has 0 amide bonds. The van der Waals surface area contributed by atoms with Gasteiger partial charge >= 0.3 is 0 Å². The minimum Gasteiger partial charge on any atom is -0.397 e. The van der Waals surface area contributed by atoms with E-state index >= 15 is 0 Å². The van der Waals surface area contributed by atoms with Gasteiger partial charge in [-0.3, -0.25) is 0 Å². The summed E-state index contributed by atoms with van der Waals surface area (Å²) in [5.74, 6) is 0. The van der Waals surface area contributed by atoms with Gasteiger partial charge in [-0.05, 0) is 25.1 Å². The van der Waals surface area contributed by atoms with Crippen molar-refractivity contribution in [2.45, 2.75) is 17.9 Å². The van der Waals surface area contributed by atoms with E-state index in [2.05, 4.69) is 0 Å². The summed E-state index contributed by atoms with van der Waals surface area (Å²) in [6, 6.07) is 4.41. The number of hydrogen-bond donors (Lipinski definition) is 2. The third-order valence-corrected chi connectivity index (χ3v) is 4.90. The predicted octanol–water partition coefficient (Wildman–Crippen LogP) is 0.336. The first-order valence-electron chi connectivity index (χ1n) is 5.87. The number of rotatable bonds is 5. The lowest BCUT2D eigenvalue weighted by Gasteiger charge is -2.27. The number of aliphatic hydroxyl groups is 1. The first kappa shape index (κ1) is 15.7. The van der Waals surface area contributed by atoms with Gasteiger partial charge in [-0.2, -0.15) is 0 Å². The molecule has 0 radical (unpaired) electrons. The summed E-state index contributed by atoms with van der Waals surface area (Å²) in [5, 5.41) is 9.17. The number of likely N-dealkylation sites (N-methyl/N-ethyl adjacent to an activating group) is 1. The van der Waals surface area contributed by atoms with Crippen LogP contribution in [-0.4, -0.2) is 51.6 Å². The van der Waals surface area contributed by atoms with E-state index in [9.17, 15) is 8.42 Å². The van der Waals surface area contributed by atoms with E-state index in [-0.39, 0.29) is 17.5 Å². The van der Waals surface area contributed by atoms with Crippen LogP contribution in [0, 0.1) is 0 Å². The Morgan fingerprint density at radius 3 is 2.37 bits per heavy atom. The second-order valence-corrected chi connectivity index (χ2v) is 6.80. The van der Waals surface area contributed by atoms with Crippen LogP contribution >= 0.6 is 0 Å². The largest absolute Gasteiger partial charge is 0.397 e. The molecule has 0 aliphatic rings. The van der Waals surface area contributed by atoms with Crippen LogP contribution in [0.15, 0.2) is 23.1 Å². The van der Waals surface area contributed by atoms with Gasteiger partial charge in [0.15, 0.2) is 0 Å². The van der Waals surface area contributed by atoms with Crippen molar-refractivity contribution >= 4 is 21.4 Å². The number of nitrogens with zero attached hydrogens (tertiary/aromatic N) is 2. The van der Waals surface area contributed by atoms with Crippen molar-refractivity contribution in [3.8, 4) is 0 Å². The first-order valence-corrected chi connectivity index (χ1v) is 7.31. The molecule has 0 bridgehead atoms. The fourth-order valence-electron chi connectivity index (χ4n) is 1.56. The molecule has 0 fully saturated rings. The Balaban J connectivity index is 3.30. The number of aliphatic hydroxyl groups excluding tert-OH is 1. The normalized spacial score (nSPS) is 13.6. The van der Waals surface area contributed by atoms with Gasteiger partial charge in [0.2, 0.25) is 10.0 Å². The third kappa shape index (κ3) is 3.17. The van der Waals surface area contributed by atoms with Gasteiger partial charge in [0.05, 0.1) is 22.9 Å². The predicted molar refractivity (Wildman–Crippen MR) is 76.7 cm³/mol. The quantitative estimate of drug-likeness (QED) is 0.762. The lowest BCUT2D eigenvalue weighted by Crippen LogP contribution is -2.32. The van der Waals surface area contributed by atoms with E-state index in [0.717, 1.165) is 4.31 Å². The summed E-state index contributed by atoms with van der Waals surface area (Å²) in [5.41, 5.74) is 6.93. The van der Waals surface area contributed by atoms with Crippen LogP contribution in [0.4, 0.5) is 11.4 Å². The van der Waals surface area contributed by atoms with E-state index in [1.165, 1.54) is 26.2 Å². The number of nitrogen functional groups attached to an aromatic ring is 1. The molecule has 6 nitrogen and oxygen atoms in total. The van der Waals surface area contributed by atoms with Gasteiger partial charge in [0.25, 0.3) is 0 Å². The molecule has 0 spiro atoms. The third-order valence-electron chi connectivity index (χ3n) is 3.09. The van der Waals surface area contributed by atoms with Crippen LogP contribution in [0.5, 0.6) is 0 Å². The standard InChI is InChI=1S/C12H21N3O3S/c1-9(8-16)15(4)12-7-10(5-6-11(12)13)19(17,18)14(2)3/h5-7,9,16H,8,13H2,1-4H3. The topological polar surface area (TPSA) is 86.9 Å². The molecule has 19 heavy (non-hydrogen) atoms. The fourth-order valence-corrected chi connectivity index (χ4v) is 2.48. The molecule has 1 rings (SSSR count). The van der Waals surface area contributed by atoms with Crippen LogP contribution in [0.25, 0.3) is 0 Å². The molecule has 1 aromatic rings. The summed E-state index contributed by atoms with van der Waals surface area (Å²) in [6.45, 7) is 1.78. The number of hydrogen-bond acceptors (Lipinski definition) is 5. The summed E-state index contributed by atoms with van der Waals surface area (Å²) in [7, 11) is 1.22. The van der Waals surface area contributed by atoms with Crippen molar-refractivity contribution in [2.24, 2.45) is 0 Å². The van der Waals surface area contributed by atoms with Crippen molar-refractivity contribution in [3.63, 3.8) is 0 Å². The average molecular weight is 287 g/mol. The van der Waals surface area contributed by atoms with E-state index < -0.39 is 10.0 Å². The lowest BCUT2D eigenvalue weighted by molar-refractivity contribution is 0.270. The molecular formula is C12H21N3O3S. The maximum absolute atomic E-state index is 12.1. The maximum atomic E-state index is 12.1. The Kier molecular flexibility index (Phi) is 4.78. The zero-order valence-electron chi connectivity index (χ0n) is 11.7. The number of anilines is 2. The minimum absolute atomic E-state index is 0.0411. The van der Waals surface area contributed by atoms with Crippen LogP contribution in [0.2, 0.25) is 0 Å². The second-order valence-electron chi connectivity index (χ2n) is 4.65. The maximum Gasteiger partial charge on any atom is 0.242 e. The van der Waals surface area contributed by atoms with Crippen LogP contribution in [0.1, 0.15) is 6.92 Å². The van der Waals surface area contributed by atoms with Crippen molar-refractivity contribution < 1.29 is 13.5 Å². The molecule has 3 N–H and O–H groups in total. The molecule has 0 aliphatic heterocycles. The highest BCUT2D eigenvalue weighted by molar-refractivity contribution is 7.89. The molecule has 1 atom stereocenters. The second kappa shape index (κ2) is 5.77. The Hall–Kier alpha value is -1.31. The molecule has 108 valence electrons. The summed E-state index contributed by atoms with van der Waals surface area (Å²) in [6.07, 6.45) is 0. The van der Waals surface area contributed by atoms with E-state index in [1.807, 2.05) is 6.92 Å². The number of benzene rings is 1. The van der Waals surface area contributed by atoms with E-state index in [0.29, 0.717) is 11.4 Å². The molecular weight excluding hydrogens is 266 g/mol. The van der Waals surface area contributed by atoms with Gasteiger partial charge in [-0.25, -0.2) is 12.7 Å². The van der Waals surface area contributed by atoms with Crippen LogP contribution in [-0.2, 0) is 10.0 Å². The Morgan fingerprint density at radius 1 is 1.32 bits per heavy atom. The Morgan fingerprint density at radius 2 is 1.89 bits per heavy atom. The summed E-state index contributed by atoms with van der Waals surface area (Å²) in [4.78, 5) is 1.93. The van der Waals surface area contributed by atoms with Crippen molar-refractivity contribution in [1.29, 1.82) is 0 Å². The molecule has 0 saturated heterocycles. The van der Waals surface area contributed by atoms with E-state index in [4.69, 9.17) is 10.8 Å². The van der Waals surface area contributed by atoms with Crippen molar-refractivity contribution in [2.75, 3.05) is 38.4 Å². The number of nitrogens with two attached hydrogens (primary N) is 1. The molecule has 0 saturated carbocycles. The highest BCUT2D eigenvalue weighted by atomic mass is 32.2. The van der Waals surface area contributed by atoms with Gasteiger partial charge in [-0.15, -0.1) is 0 Å². The Bertz CT molecular complexity index is 543. The van der Waals surface area contributed by atoms with Crippen LogP contribution < -0.4 is 10.6 Å². The van der Waals surface area contributed by atoms with Gasteiger partial charge in [-0.1, -0.05) is 0 Å². The smallest absolute Gasteiger partial charge is 0.242 e. The van der Waals surface area contributed by atoms with Crippen LogP contribution in [0.3, 0.4) is 0 Å². The lowest BCUT2D eigenvalue weighted by atomic mass is 10.2. The van der Waals surface area contributed by atoms with Crippen molar-refractivity contribution in [3.05, 3.63) is 18.2 Å². The van der Waals surface area contributed by atoms with E-state index in [1.54, 1.807) is 18.0 Å².